The van der Waals surface area contributed by atoms with Crippen LogP contribution in [-0.2, 0) is 64.8 Å². The molecule has 3 atom stereocenters. The van der Waals surface area contributed by atoms with E-state index in [1.807, 2.05) is 33.8 Å². The Balaban J connectivity index is 0.000000155. The summed E-state index contributed by atoms with van der Waals surface area (Å²) < 4.78 is 87.9. The molecule has 7 heterocycles. The molecule has 3 unspecified atom stereocenters. The number of hydrogen-bond acceptors (Lipinski definition) is 11. The molecule has 530 valence electrons. The summed E-state index contributed by atoms with van der Waals surface area (Å²) >= 11 is 0. The monoisotopic (exact) mass is 1370 g/mol. The van der Waals surface area contributed by atoms with E-state index in [1.165, 1.54) is 96.7 Å². The third-order valence-electron chi connectivity index (χ3n) is 22.5. The predicted molar refractivity (Wildman–Crippen MR) is 396 cm³/mol. The zero-order valence-electron chi connectivity index (χ0n) is 62.3. The number of rotatable bonds is 7. The summed E-state index contributed by atoms with van der Waals surface area (Å²) in [7, 11) is -6.63. The fraction of sp³-hybridized carbons (Fsp3) is 0.597. The quantitative estimate of drug-likeness (QED) is 0.123. The van der Waals surface area contributed by atoms with E-state index in [0.717, 1.165) is 58.8 Å². The summed E-state index contributed by atoms with van der Waals surface area (Å²) in [5, 5.41) is 13.5. The van der Waals surface area contributed by atoms with Crippen LogP contribution >= 0.6 is 0 Å². The third kappa shape index (κ3) is 14.6. The maximum absolute atomic E-state index is 12.7. The number of nitrogens with zero attached hydrogens (tertiary/aromatic N) is 5. The van der Waals surface area contributed by atoms with Crippen molar-refractivity contribution in [2.45, 2.75) is 261 Å². The summed E-state index contributed by atoms with van der Waals surface area (Å²) in [5.41, 5.74) is 17.1. The molecule has 7 aliphatic rings. The van der Waals surface area contributed by atoms with Crippen molar-refractivity contribution in [3.63, 3.8) is 0 Å². The summed E-state index contributed by atoms with van der Waals surface area (Å²) in [6.45, 7) is 53.6. The van der Waals surface area contributed by atoms with E-state index < -0.39 is 25.6 Å². The number of aromatic hydroxyl groups is 1. The largest absolute Gasteiger partial charge is 0.516 e. The highest BCUT2D eigenvalue weighted by atomic mass is 32.2. The van der Waals surface area contributed by atoms with Gasteiger partial charge < -0.3 is 34.9 Å². The van der Waals surface area contributed by atoms with Crippen molar-refractivity contribution >= 4 is 71.5 Å². The number of hydrogen-bond donors (Lipinski definition) is 4. The van der Waals surface area contributed by atoms with Crippen LogP contribution in [0.25, 0.3) is 0 Å². The highest BCUT2D eigenvalue weighted by Gasteiger charge is 2.49. The molecule has 5 aromatic carbocycles. The zero-order chi connectivity index (χ0) is 72.0. The number of halogens is 3. The maximum Gasteiger partial charge on any atom is 0.516 e. The second kappa shape index (κ2) is 26.7. The lowest BCUT2D eigenvalue weighted by Crippen LogP contribution is -2.44. The number of fused-ring (bicyclic) bond motifs is 3. The van der Waals surface area contributed by atoms with Gasteiger partial charge in [-0.3, -0.25) is 14.2 Å². The molecular formula is C77H113F3N8O6S2. The van der Waals surface area contributed by atoms with Crippen molar-refractivity contribution < 1.29 is 39.9 Å². The van der Waals surface area contributed by atoms with E-state index in [-0.39, 0.29) is 50.8 Å². The topological polar surface area (TPSA) is 158 Å². The average molecular weight is 1370 g/mol. The number of likely N-dealkylation sites (N-methyl/N-ethyl adjacent to an activating group) is 1. The van der Waals surface area contributed by atoms with Gasteiger partial charge in [-0.05, 0) is 212 Å². The van der Waals surface area contributed by atoms with Crippen molar-refractivity contribution in [2.24, 2.45) is 0 Å². The lowest BCUT2D eigenvalue weighted by Gasteiger charge is -2.48. The molecule has 0 spiro atoms. The predicted octanol–water partition coefficient (Wildman–Crippen LogP) is 17.0. The Bertz CT molecular complexity index is 3990. The lowest BCUT2D eigenvalue weighted by molar-refractivity contribution is -0.114. The van der Waals surface area contributed by atoms with Crippen molar-refractivity contribution in [2.75, 3.05) is 78.7 Å². The molecule has 4 N–H and O–H groups in total. The fourth-order valence-corrected chi connectivity index (χ4v) is 17.2. The van der Waals surface area contributed by atoms with Crippen LogP contribution in [0.1, 0.15) is 217 Å². The van der Waals surface area contributed by atoms with Gasteiger partial charge in [-0.25, -0.2) is 8.42 Å². The molecule has 12 rings (SSSR count). The molecule has 0 aliphatic carbocycles. The maximum atomic E-state index is 12.7. The number of nitrogens with one attached hydrogen (secondary N) is 3. The van der Waals surface area contributed by atoms with Gasteiger partial charge in [0.1, 0.15) is 5.75 Å². The van der Waals surface area contributed by atoms with Gasteiger partial charge in [-0.15, -0.1) is 0 Å². The first-order valence-electron chi connectivity index (χ1n) is 34.6. The van der Waals surface area contributed by atoms with Crippen LogP contribution in [-0.4, -0.2) is 103 Å². The second-order valence-electron chi connectivity index (χ2n) is 32.2. The smallest absolute Gasteiger partial charge is 0.507 e. The van der Waals surface area contributed by atoms with Gasteiger partial charge in [-0.2, -0.15) is 21.6 Å². The number of carbonyl (C=O) groups excluding carboxylic acids is 1. The molecule has 0 bridgehead atoms. The summed E-state index contributed by atoms with van der Waals surface area (Å²) in [4.78, 5) is 23.2. The molecular weight excluding hydrogens is 1250 g/mol. The number of sulfonamides is 2. The first kappa shape index (κ1) is 75.4. The van der Waals surface area contributed by atoms with Gasteiger partial charge in [0.25, 0.3) is 0 Å². The zero-order valence-corrected chi connectivity index (χ0v) is 64.0. The highest BCUT2D eigenvalue weighted by molar-refractivity contribution is 7.93. The van der Waals surface area contributed by atoms with Gasteiger partial charge >= 0.3 is 15.5 Å². The van der Waals surface area contributed by atoms with E-state index in [0.29, 0.717) is 35.1 Å². The van der Waals surface area contributed by atoms with Gasteiger partial charge in [-0.1, -0.05) is 105 Å². The van der Waals surface area contributed by atoms with Gasteiger partial charge in [0.2, 0.25) is 15.9 Å². The van der Waals surface area contributed by atoms with Crippen LogP contribution in [0.2, 0.25) is 0 Å². The van der Waals surface area contributed by atoms with Crippen molar-refractivity contribution in [1.29, 1.82) is 0 Å². The minimum atomic E-state index is -5.44. The average Bonchev–Trinajstić information content (AvgIpc) is 0.925. The number of anilines is 8. The Morgan fingerprint density at radius 3 is 1.40 bits per heavy atom. The Kier molecular flexibility index (Phi) is 21.0. The number of phenols is 1. The number of aryl methyl sites for hydroxylation is 7. The first-order valence-corrected chi connectivity index (χ1v) is 37.9. The van der Waals surface area contributed by atoms with Crippen LogP contribution in [0, 0.1) is 34.6 Å². The normalized spacial score (nSPS) is 20.9. The van der Waals surface area contributed by atoms with Crippen LogP contribution in [0.4, 0.5) is 58.7 Å². The summed E-state index contributed by atoms with van der Waals surface area (Å²) in [5.74, 6) is 0.501. The second-order valence-corrected chi connectivity index (χ2v) is 35.6. The molecule has 0 radical (unpaired) electrons. The summed E-state index contributed by atoms with van der Waals surface area (Å²) in [6, 6.07) is 20.2. The van der Waals surface area contributed by atoms with Crippen molar-refractivity contribution in [3.05, 3.63) is 121 Å². The van der Waals surface area contributed by atoms with Crippen LogP contribution in [0.15, 0.2) is 54.6 Å². The Morgan fingerprint density at radius 2 is 0.948 bits per heavy atom. The summed E-state index contributed by atoms with van der Waals surface area (Å²) in [6.07, 6.45) is 8.77. The molecule has 0 saturated carbocycles. The minimum Gasteiger partial charge on any atom is -0.507 e. The molecule has 0 fully saturated rings. The van der Waals surface area contributed by atoms with Crippen LogP contribution in [0.5, 0.6) is 5.75 Å². The molecule has 7 aliphatic heterocycles. The van der Waals surface area contributed by atoms with E-state index in [2.05, 4.69) is 196 Å². The molecule has 96 heavy (non-hydrogen) atoms. The van der Waals surface area contributed by atoms with E-state index in [4.69, 9.17) is 0 Å². The minimum absolute atomic E-state index is 0.0190. The Labute approximate surface area is 574 Å². The standard InChI is InChI=1S/C17H26N2O.C17H25NO.C16H23F3N2O2S.C14H22N2O2S.C13H17N/c1-10(2)19-12(4)17(6,7)14-8-11(3)15(9-16(14)19)18-13(5)20;1-11-10-12-14-13(15(11)19)17(4,5)7-9-18(14)8-6-16(12,2)3;1-9(2)21-11(4)15(5,6)12-7-10(3)13(8-14(12)21)20-24(22,23)16(17,18)19;1-9-7-11-13(8-12(9)15-19(6,17)18)16(5)10(2)14(11,3)4;1-10-8-11-4-2-6-14-7-3-5-12(9-10)13(11)14/h8-10,12H,1-7H3,(H,18,20);10,19H,6-9H2,1-5H3;7-9,11,20H,1-6H3;7-8,10,15H,1-6H3;8-9H,2-7H2,1H3. The van der Waals surface area contributed by atoms with Gasteiger partial charge in [0.15, 0.2) is 0 Å². The van der Waals surface area contributed by atoms with Gasteiger partial charge in [0.05, 0.1) is 17.6 Å². The number of alkyl halides is 3. The fourth-order valence-electron chi connectivity index (χ4n) is 15.9. The number of carbonyl (C=O) groups is 1. The first-order chi connectivity index (χ1) is 44.0. The van der Waals surface area contributed by atoms with E-state index in [9.17, 15) is 39.9 Å². The van der Waals surface area contributed by atoms with Gasteiger partial charge in [0, 0.05) is 126 Å². The van der Waals surface area contributed by atoms with Crippen LogP contribution in [0.3, 0.4) is 0 Å². The number of phenolic OH excluding ortho intramolecular Hbond substituents is 1. The molecule has 19 heteroatoms. The van der Waals surface area contributed by atoms with E-state index >= 15 is 0 Å². The Hall–Kier alpha value is -6.34. The molecule has 0 aromatic heterocycles. The number of benzene rings is 5. The highest BCUT2D eigenvalue weighted by Crippen LogP contribution is 2.54. The van der Waals surface area contributed by atoms with Crippen molar-refractivity contribution in [1.82, 2.24) is 0 Å². The number of amides is 1. The molecule has 5 aromatic rings. The molecule has 0 saturated heterocycles. The van der Waals surface area contributed by atoms with Crippen molar-refractivity contribution in [3.8, 4) is 5.75 Å². The Morgan fingerprint density at radius 1 is 0.552 bits per heavy atom. The molecule has 1 amide bonds. The van der Waals surface area contributed by atoms with Crippen LogP contribution < -0.4 is 39.3 Å². The lowest BCUT2D eigenvalue weighted by atomic mass is 9.69. The SMILES string of the molecule is CC(=O)Nc1cc2c(cc1C)C(C)(C)C(C)N2C(C)C.Cc1cc2c(cc1NS(=O)(=O)C(F)(F)F)N(C(C)C)C(C)C2(C)C.Cc1cc2c(cc1NS(C)(=O)=O)N(C)C(C)C2(C)C.Cc1cc2c3c(c1)CCCN3CCC2.Cc1cc2c3c(c1O)C(C)(C)CCN3CCC2(C)C. The van der Waals surface area contributed by atoms with E-state index in [1.54, 1.807) is 41.5 Å². The third-order valence-corrected chi connectivity index (χ3v) is 24.2. The molecule has 14 nitrogen and oxygen atoms in total.